The van der Waals surface area contributed by atoms with E-state index in [-0.39, 0.29) is 54.4 Å². The van der Waals surface area contributed by atoms with Gasteiger partial charge in [0.25, 0.3) is 0 Å². The molecule has 1 spiro atoms. The maximum Gasteiger partial charge on any atom is 0.360 e. The number of rotatable bonds is 6. The number of nitrogens with one attached hydrogen (secondary N) is 2. The minimum absolute atomic E-state index is 0.0323. The highest BCUT2D eigenvalue weighted by Crippen LogP contribution is 2.59. The number of oxazole rings is 2. The van der Waals surface area contributed by atoms with Crippen molar-refractivity contribution in [2.24, 2.45) is 11.8 Å². The number of carbonyl (C=O) groups is 3. The van der Waals surface area contributed by atoms with Crippen LogP contribution in [0.2, 0.25) is 0 Å². The fourth-order valence-corrected chi connectivity index (χ4v) is 6.37. The molecule has 3 aliphatic rings. The Morgan fingerprint density at radius 3 is 2.77 bits per heavy atom. The lowest BCUT2D eigenvalue weighted by Gasteiger charge is -2.27. The standard InChI is InChI=1S/C32H30N4O8/c1-15(2)26(38)22(37)12-17-10-16-8-9-23-19(11-16)32(18-6-4-5-7-20(18)35-31(32)43-23)27-25(36-24(44-27)13-33-28(17)39)29-34-21(14-42-29)30(40)41-3/h4-9,11,14-15,17,26,31,35,38H,10,12-13H2,1-3H3,(H,33,39)/t17-,26+,31?,32+/m1/s1. The first kappa shape index (κ1) is 27.8. The molecule has 4 aromatic rings. The lowest BCUT2D eigenvalue weighted by atomic mass is 9.72. The minimum atomic E-state index is -1.17. The zero-order valence-corrected chi connectivity index (χ0v) is 24.2. The van der Waals surface area contributed by atoms with Crippen molar-refractivity contribution in [3.8, 4) is 17.3 Å². The quantitative estimate of drug-likeness (QED) is 0.279. The molecule has 226 valence electrons. The van der Waals surface area contributed by atoms with Gasteiger partial charge in [0.05, 0.1) is 13.7 Å². The van der Waals surface area contributed by atoms with Crippen LogP contribution in [0.1, 0.15) is 59.1 Å². The van der Waals surface area contributed by atoms with Gasteiger partial charge in [-0.15, -0.1) is 0 Å². The maximum absolute atomic E-state index is 13.5. The third kappa shape index (κ3) is 4.20. The van der Waals surface area contributed by atoms with Gasteiger partial charge in [0.15, 0.2) is 29.2 Å². The summed E-state index contributed by atoms with van der Waals surface area (Å²) in [7, 11) is 1.25. The van der Waals surface area contributed by atoms with Crippen molar-refractivity contribution in [2.75, 3.05) is 12.4 Å². The van der Waals surface area contributed by atoms with Crippen LogP contribution < -0.4 is 15.4 Å². The average Bonchev–Trinajstić information content (AvgIpc) is 3.79. The molecule has 44 heavy (non-hydrogen) atoms. The van der Waals surface area contributed by atoms with Crippen molar-refractivity contribution in [3.63, 3.8) is 0 Å². The Balaban J connectivity index is 1.42. The molecule has 5 heterocycles. The van der Waals surface area contributed by atoms with Crippen LogP contribution in [-0.4, -0.2) is 52.2 Å². The van der Waals surface area contributed by atoms with Gasteiger partial charge in [0, 0.05) is 23.6 Å². The summed E-state index contributed by atoms with van der Waals surface area (Å²) in [4.78, 5) is 47.7. The molecule has 2 aromatic heterocycles. The number of ether oxygens (including phenoxy) is 2. The predicted octanol–water partition coefficient (Wildman–Crippen LogP) is 3.36. The number of anilines is 1. The Morgan fingerprint density at radius 2 is 1.98 bits per heavy atom. The van der Waals surface area contributed by atoms with E-state index >= 15 is 0 Å². The number of aromatic nitrogens is 2. The van der Waals surface area contributed by atoms with Gasteiger partial charge in [0.2, 0.25) is 17.7 Å². The second-order valence-electron chi connectivity index (χ2n) is 11.6. The second-order valence-corrected chi connectivity index (χ2v) is 11.6. The molecule has 1 unspecified atom stereocenters. The molecular weight excluding hydrogens is 568 g/mol. The fraction of sp³-hybridized carbons (Fsp3) is 0.344. The number of esters is 1. The van der Waals surface area contributed by atoms with Gasteiger partial charge >= 0.3 is 5.97 Å². The number of aliphatic hydroxyl groups excluding tert-OH is 1. The number of amides is 1. The van der Waals surface area contributed by atoms with E-state index in [0.29, 0.717) is 11.5 Å². The number of ketones is 1. The predicted molar refractivity (Wildman–Crippen MR) is 154 cm³/mol. The van der Waals surface area contributed by atoms with Crippen LogP contribution in [0.15, 0.2) is 57.6 Å². The number of hydrogen-bond acceptors (Lipinski definition) is 11. The van der Waals surface area contributed by atoms with Crippen molar-refractivity contribution in [3.05, 3.63) is 82.8 Å². The molecule has 2 aromatic carbocycles. The van der Waals surface area contributed by atoms with Crippen molar-refractivity contribution in [1.82, 2.24) is 15.3 Å². The molecule has 4 bridgehead atoms. The second kappa shape index (κ2) is 10.3. The number of fused-ring (bicyclic) bond motifs is 4. The fourth-order valence-electron chi connectivity index (χ4n) is 6.37. The van der Waals surface area contributed by atoms with Gasteiger partial charge in [-0.3, -0.25) is 9.59 Å². The number of para-hydroxylation sites is 1. The number of hydrogen-bond donors (Lipinski definition) is 3. The summed E-state index contributed by atoms with van der Waals surface area (Å²) in [6.07, 6.45) is -0.486. The van der Waals surface area contributed by atoms with E-state index in [1.165, 1.54) is 13.4 Å². The number of aliphatic hydroxyl groups is 1. The maximum atomic E-state index is 13.5. The zero-order valence-electron chi connectivity index (χ0n) is 24.2. The minimum Gasteiger partial charge on any atom is -0.469 e. The van der Waals surface area contributed by atoms with E-state index in [2.05, 4.69) is 15.6 Å². The molecule has 1 amide bonds. The van der Waals surface area contributed by atoms with Crippen LogP contribution in [-0.2, 0) is 32.7 Å². The van der Waals surface area contributed by atoms with Crippen molar-refractivity contribution >= 4 is 23.3 Å². The Bertz CT molecular complexity index is 1810. The molecule has 12 nitrogen and oxygen atoms in total. The molecule has 7 rings (SSSR count). The normalized spacial score (nSPS) is 22.1. The number of methoxy groups -OCH3 is 1. The SMILES string of the molecule is COC(=O)c1coc(-c2nc3oc2[C@@]24c5ccccc5NC2Oc2ccc(cc24)C[C@H](CC(=O)[C@@H](O)C(C)C)C(=O)NC3)n1. The van der Waals surface area contributed by atoms with E-state index in [1.807, 2.05) is 42.5 Å². The van der Waals surface area contributed by atoms with Gasteiger partial charge in [-0.25, -0.2) is 14.8 Å². The van der Waals surface area contributed by atoms with Crippen LogP contribution in [0.25, 0.3) is 11.6 Å². The summed E-state index contributed by atoms with van der Waals surface area (Å²) in [5.41, 5.74) is 2.43. The Kier molecular flexibility index (Phi) is 6.54. The van der Waals surface area contributed by atoms with Gasteiger partial charge in [-0.05, 0) is 35.6 Å². The molecule has 0 saturated heterocycles. The van der Waals surface area contributed by atoms with E-state index < -0.39 is 35.4 Å². The topological polar surface area (TPSA) is 166 Å². The summed E-state index contributed by atoms with van der Waals surface area (Å²) in [6.45, 7) is 3.42. The summed E-state index contributed by atoms with van der Waals surface area (Å²) < 4.78 is 23.5. The highest BCUT2D eigenvalue weighted by atomic mass is 16.5. The number of Topliss-reactive ketones (excluding diaryl/α,β-unsaturated/α-hetero) is 1. The van der Waals surface area contributed by atoms with E-state index in [1.54, 1.807) is 13.8 Å². The van der Waals surface area contributed by atoms with Crippen molar-refractivity contribution in [2.45, 2.75) is 51.0 Å². The van der Waals surface area contributed by atoms with Crippen LogP contribution in [0.4, 0.5) is 5.69 Å². The molecule has 12 heteroatoms. The first-order valence-electron chi connectivity index (χ1n) is 14.4. The summed E-state index contributed by atoms with van der Waals surface area (Å²) in [5, 5.41) is 16.7. The molecule has 3 N–H and O–H groups in total. The molecular formula is C32H30N4O8. The van der Waals surface area contributed by atoms with E-state index in [9.17, 15) is 19.5 Å². The van der Waals surface area contributed by atoms with Gasteiger partial charge in [-0.1, -0.05) is 44.2 Å². The van der Waals surface area contributed by atoms with Gasteiger partial charge < -0.3 is 34.0 Å². The van der Waals surface area contributed by atoms with Crippen LogP contribution in [0.5, 0.6) is 5.75 Å². The van der Waals surface area contributed by atoms with Gasteiger partial charge in [0.1, 0.15) is 23.5 Å². The van der Waals surface area contributed by atoms with Crippen LogP contribution in [0, 0.1) is 11.8 Å². The molecule has 3 aliphatic heterocycles. The third-order valence-electron chi connectivity index (χ3n) is 8.55. The van der Waals surface area contributed by atoms with Crippen LogP contribution >= 0.6 is 0 Å². The van der Waals surface area contributed by atoms with Crippen molar-refractivity contribution < 1.29 is 37.8 Å². The highest BCUT2D eigenvalue weighted by Gasteiger charge is 2.61. The van der Waals surface area contributed by atoms with Crippen LogP contribution in [0.3, 0.4) is 0 Å². The summed E-state index contributed by atoms with van der Waals surface area (Å²) in [6, 6.07) is 13.5. The van der Waals surface area contributed by atoms with E-state index in [0.717, 1.165) is 22.4 Å². The number of benzene rings is 2. The summed E-state index contributed by atoms with van der Waals surface area (Å²) in [5.74, 6) is -1.30. The first-order chi connectivity index (χ1) is 21.2. The molecule has 0 radical (unpaired) electrons. The summed E-state index contributed by atoms with van der Waals surface area (Å²) >= 11 is 0. The highest BCUT2D eigenvalue weighted by molar-refractivity contribution is 5.89. The average molecular weight is 599 g/mol. The number of carbonyl (C=O) groups excluding carboxylic acids is 3. The van der Waals surface area contributed by atoms with Crippen molar-refractivity contribution in [1.29, 1.82) is 0 Å². The zero-order chi connectivity index (χ0) is 30.7. The van der Waals surface area contributed by atoms with E-state index in [4.69, 9.17) is 23.3 Å². The third-order valence-corrected chi connectivity index (χ3v) is 8.55. The monoisotopic (exact) mass is 598 g/mol. The lowest BCUT2D eigenvalue weighted by Crippen LogP contribution is -2.40. The molecule has 0 aliphatic carbocycles. The molecule has 4 atom stereocenters. The smallest absolute Gasteiger partial charge is 0.360 e. The largest absolute Gasteiger partial charge is 0.469 e. The Hall–Kier alpha value is -4.97. The van der Waals surface area contributed by atoms with Gasteiger partial charge in [-0.2, -0.15) is 0 Å². The Morgan fingerprint density at radius 1 is 1.16 bits per heavy atom. The Labute approximate surface area is 251 Å². The number of nitrogens with zero attached hydrogens (tertiary/aromatic N) is 2. The molecule has 0 saturated carbocycles. The first-order valence-corrected chi connectivity index (χ1v) is 14.4. The molecule has 0 fully saturated rings. The lowest BCUT2D eigenvalue weighted by molar-refractivity contribution is -0.134.